The van der Waals surface area contributed by atoms with Crippen molar-refractivity contribution in [1.29, 1.82) is 0 Å². The van der Waals surface area contributed by atoms with Crippen LogP contribution in [-0.4, -0.2) is 19.2 Å². The summed E-state index contributed by atoms with van der Waals surface area (Å²) >= 11 is 0. The maximum Gasteiger partial charge on any atom is 0.307 e. The lowest BCUT2D eigenvalue weighted by molar-refractivity contribution is -0.149. The predicted molar refractivity (Wildman–Crippen MR) is 69.9 cm³/mol. The molecule has 1 unspecified atom stereocenters. The number of para-hydroxylation sites is 1. The molecule has 0 N–H and O–H groups in total. The molecule has 1 aromatic rings. The van der Waals surface area contributed by atoms with E-state index in [4.69, 9.17) is 4.74 Å². The number of hydrogen-bond donors (Lipinski definition) is 0. The summed E-state index contributed by atoms with van der Waals surface area (Å²) in [4.78, 5) is 13.5. The summed E-state index contributed by atoms with van der Waals surface area (Å²) in [5.41, 5.74) is 1.06. The van der Waals surface area contributed by atoms with Crippen LogP contribution in [0.2, 0.25) is 0 Å². The fourth-order valence-electron chi connectivity index (χ4n) is 1.68. The van der Waals surface area contributed by atoms with Crippen LogP contribution in [0.15, 0.2) is 30.3 Å². The van der Waals surface area contributed by atoms with Crippen LogP contribution in [0.3, 0.4) is 0 Å². The molecule has 0 aliphatic heterocycles. The maximum atomic E-state index is 11.5. The molecule has 0 radical (unpaired) electrons. The first kappa shape index (κ1) is 13.6. The van der Waals surface area contributed by atoms with E-state index in [9.17, 15) is 4.79 Å². The van der Waals surface area contributed by atoms with Crippen molar-refractivity contribution in [1.82, 2.24) is 0 Å². The first-order chi connectivity index (χ1) is 8.19. The molecule has 3 nitrogen and oxygen atoms in total. The minimum atomic E-state index is -0.184. The third-order valence-corrected chi connectivity index (χ3v) is 2.67. The van der Waals surface area contributed by atoms with Gasteiger partial charge in [0.15, 0.2) is 6.23 Å². The zero-order valence-corrected chi connectivity index (χ0v) is 10.8. The van der Waals surface area contributed by atoms with Crippen LogP contribution in [0.4, 0.5) is 5.69 Å². The summed E-state index contributed by atoms with van der Waals surface area (Å²) in [6, 6.07) is 9.95. The smallest absolute Gasteiger partial charge is 0.307 e. The van der Waals surface area contributed by atoms with E-state index in [0.29, 0.717) is 6.42 Å². The highest BCUT2D eigenvalue weighted by molar-refractivity contribution is 5.69. The molecule has 0 bridgehead atoms. The number of rotatable bonds is 6. The van der Waals surface area contributed by atoms with Crippen molar-refractivity contribution in [2.75, 3.05) is 11.9 Å². The van der Waals surface area contributed by atoms with Gasteiger partial charge in [-0.3, -0.25) is 4.79 Å². The fourth-order valence-corrected chi connectivity index (χ4v) is 1.68. The highest BCUT2D eigenvalue weighted by Gasteiger charge is 2.17. The number of carbonyl (C=O) groups excluding carboxylic acids is 1. The Balaban J connectivity index is 2.64. The summed E-state index contributed by atoms with van der Waals surface area (Å²) in [5.74, 6) is -0.123. The zero-order chi connectivity index (χ0) is 12.7. The van der Waals surface area contributed by atoms with Gasteiger partial charge in [0.2, 0.25) is 0 Å². The molecule has 0 saturated carbocycles. The molecule has 0 aliphatic rings. The topological polar surface area (TPSA) is 29.5 Å². The summed E-state index contributed by atoms with van der Waals surface area (Å²) in [6.07, 6.45) is 1.90. The van der Waals surface area contributed by atoms with Gasteiger partial charge in [0, 0.05) is 25.6 Å². The Hall–Kier alpha value is -1.51. The van der Waals surface area contributed by atoms with E-state index < -0.39 is 0 Å². The van der Waals surface area contributed by atoms with Crippen molar-refractivity contribution >= 4 is 11.7 Å². The van der Waals surface area contributed by atoms with E-state index in [0.717, 1.165) is 18.5 Å². The average Bonchev–Trinajstić information content (AvgIpc) is 2.36. The second-order valence-electron chi connectivity index (χ2n) is 4.05. The van der Waals surface area contributed by atoms with Gasteiger partial charge in [0.05, 0.1) is 0 Å². The lowest BCUT2D eigenvalue weighted by Gasteiger charge is -2.28. The lowest BCUT2D eigenvalue weighted by atomic mass is 10.2. The summed E-state index contributed by atoms with van der Waals surface area (Å²) < 4.78 is 5.44. The second kappa shape index (κ2) is 6.94. The molecule has 0 amide bonds. The number of nitrogens with zero attached hydrogens (tertiary/aromatic N) is 1. The van der Waals surface area contributed by atoms with Gasteiger partial charge in [-0.2, -0.15) is 0 Å². The number of hydrogen-bond acceptors (Lipinski definition) is 3. The van der Waals surface area contributed by atoms with Crippen LogP contribution < -0.4 is 4.90 Å². The molecule has 0 saturated heterocycles. The Labute approximate surface area is 103 Å². The summed E-state index contributed by atoms with van der Waals surface area (Å²) in [6.45, 7) is 3.99. The monoisotopic (exact) mass is 235 g/mol. The van der Waals surface area contributed by atoms with Gasteiger partial charge in [-0.15, -0.1) is 0 Å². The standard InChI is InChI=1S/C14H21NO2/c1-4-9-14(16)17-13(5-2)15(3)12-10-7-6-8-11-12/h6-8,10-11,13H,4-5,9H2,1-3H3. The molecule has 1 rings (SSSR count). The Bertz CT molecular complexity index is 337. The van der Waals surface area contributed by atoms with Crippen LogP contribution in [-0.2, 0) is 9.53 Å². The Morgan fingerprint density at radius 2 is 1.94 bits per heavy atom. The van der Waals surface area contributed by atoms with E-state index in [2.05, 4.69) is 0 Å². The number of anilines is 1. The molecule has 0 aliphatic carbocycles. The third kappa shape index (κ3) is 4.10. The van der Waals surface area contributed by atoms with Crippen molar-refractivity contribution in [3.05, 3.63) is 30.3 Å². The zero-order valence-electron chi connectivity index (χ0n) is 10.8. The normalized spacial score (nSPS) is 11.9. The first-order valence-corrected chi connectivity index (χ1v) is 6.16. The highest BCUT2D eigenvalue weighted by atomic mass is 16.6. The minimum Gasteiger partial charge on any atom is -0.442 e. The predicted octanol–water partition coefficient (Wildman–Crippen LogP) is 3.20. The largest absolute Gasteiger partial charge is 0.442 e. The van der Waals surface area contributed by atoms with Crippen molar-refractivity contribution < 1.29 is 9.53 Å². The Morgan fingerprint density at radius 1 is 1.29 bits per heavy atom. The van der Waals surface area contributed by atoms with E-state index >= 15 is 0 Å². The molecule has 0 fully saturated rings. The summed E-state index contributed by atoms with van der Waals surface area (Å²) in [5, 5.41) is 0. The number of ether oxygens (including phenoxy) is 1. The van der Waals surface area contributed by atoms with E-state index in [1.807, 2.05) is 56.1 Å². The van der Waals surface area contributed by atoms with Crippen LogP contribution in [0, 0.1) is 0 Å². The van der Waals surface area contributed by atoms with E-state index in [-0.39, 0.29) is 12.2 Å². The van der Waals surface area contributed by atoms with Crippen molar-refractivity contribution in [2.24, 2.45) is 0 Å². The molecule has 3 heteroatoms. The van der Waals surface area contributed by atoms with Gasteiger partial charge in [0.1, 0.15) is 0 Å². The van der Waals surface area contributed by atoms with Crippen LogP contribution in [0.1, 0.15) is 33.1 Å². The SMILES string of the molecule is CCCC(=O)OC(CC)N(C)c1ccccc1. The van der Waals surface area contributed by atoms with Crippen molar-refractivity contribution in [3.63, 3.8) is 0 Å². The van der Waals surface area contributed by atoms with Crippen LogP contribution >= 0.6 is 0 Å². The number of carbonyl (C=O) groups is 1. The molecule has 94 valence electrons. The fraction of sp³-hybridized carbons (Fsp3) is 0.500. The molecular weight excluding hydrogens is 214 g/mol. The minimum absolute atomic E-state index is 0.123. The quantitative estimate of drug-likeness (QED) is 0.560. The van der Waals surface area contributed by atoms with Gasteiger partial charge >= 0.3 is 5.97 Å². The summed E-state index contributed by atoms with van der Waals surface area (Å²) in [7, 11) is 1.95. The maximum absolute atomic E-state index is 11.5. The average molecular weight is 235 g/mol. The van der Waals surface area contributed by atoms with E-state index in [1.54, 1.807) is 0 Å². The van der Waals surface area contributed by atoms with Crippen LogP contribution in [0.25, 0.3) is 0 Å². The molecule has 1 aromatic carbocycles. The Kier molecular flexibility index (Phi) is 5.53. The van der Waals surface area contributed by atoms with Gasteiger partial charge < -0.3 is 9.64 Å². The number of benzene rings is 1. The van der Waals surface area contributed by atoms with Gasteiger partial charge in [-0.05, 0) is 18.6 Å². The molecular formula is C14H21NO2. The van der Waals surface area contributed by atoms with Crippen LogP contribution in [0.5, 0.6) is 0 Å². The molecule has 1 atom stereocenters. The number of esters is 1. The van der Waals surface area contributed by atoms with Crippen molar-refractivity contribution in [2.45, 2.75) is 39.3 Å². The Morgan fingerprint density at radius 3 is 2.47 bits per heavy atom. The molecule has 0 spiro atoms. The molecule has 0 aromatic heterocycles. The van der Waals surface area contributed by atoms with Gasteiger partial charge in [-0.25, -0.2) is 0 Å². The molecule has 17 heavy (non-hydrogen) atoms. The molecule has 0 heterocycles. The van der Waals surface area contributed by atoms with Gasteiger partial charge in [0.25, 0.3) is 0 Å². The van der Waals surface area contributed by atoms with E-state index in [1.165, 1.54) is 0 Å². The second-order valence-corrected chi connectivity index (χ2v) is 4.05. The lowest BCUT2D eigenvalue weighted by Crippen LogP contribution is -2.35. The highest BCUT2D eigenvalue weighted by Crippen LogP contribution is 2.17. The van der Waals surface area contributed by atoms with Gasteiger partial charge in [-0.1, -0.05) is 32.0 Å². The third-order valence-electron chi connectivity index (χ3n) is 2.67. The first-order valence-electron chi connectivity index (χ1n) is 6.16. The van der Waals surface area contributed by atoms with Crippen molar-refractivity contribution in [3.8, 4) is 0 Å².